The second-order valence-electron chi connectivity index (χ2n) is 6.00. The summed E-state index contributed by atoms with van der Waals surface area (Å²) in [7, 11) is 0. The molecule has 1 aromatic rings. The average molecular weight is 304 g/mol. The van der Waals surface area contributed by atoms with E-state index in [0.29, 0.717) is 18.7 Å². The third-order valence-corrected chi connectivity index (χ3v) is 4.17. The van der Waals surface area contributed by atoms with Crippen molar-refractivity contribution in [3.8, 4) is 0 Å². The van der Waals surface area contributed by atoms with Crippen LogP contribution in [0.15, 0.2) is 24.3 Å². The molecule has 0 bridgehead atoms. The largest absolute Gasteiger partial charge is 0.393 e. The van der Waals surface area contributed by atoms with E-state index >= 15 is 0 Å². The normalized spacial score (nSPS) is 19.6. The molecule has 1 aliphatic rings. The number of rotatable bonds is 4. The Labute approximate surface area is 131 Å². The molecular formula is C17H24N2O3. The van der Waals surface area contributed by atoms with Gasteiger partial charge < -0.3 is 15.3 Å². The summed E-state index contributed by atoms with van der Waals surface area (Å²) in [5, 5.41) is 12.4. The van der Waals surface area contributed by atoms with Gasteiger partial charge in [-0.25, -0.2) is 0 Å². The van der Waals surface area contributed by atoms with E-state index in [9.17, 15) is 14.7 Å². The molecule has 0 aromatic heterocycles. The number of likely N-dealkylation sites (tertiary alicyclic amines) is 1. The minimum atomic E-state index is -0.379. The molecule has 2 N–H and O–H groups in total. The monoisotopic (exact) mass is 304 g/mol. The molecule has 2 unspecified atom stereocenters. The van der Waals surface area contributed by atoms with Crippen LogP contribution < -0.4 is 5.32 Å². The lowest BCUT2D eigenvalue weighted by Gasteiger charge is -2.34. The van der Waals surface area contributed by atoms with E-state index in [-0.39, 0.29) is 23.8 Å². The van der Waals surface area contributed by atoms with Crippen LogP contribution in [0, 0.1) is 5.92 Å². The van der Waals surface area contributed by atoms with Crippen LogP contribution in [0.2, 0.25) is 0 Å². The molecule has 2 amide bonds. The van der Waals surface area contributed by atoms with Gasteiger partial charge in [0.1, 0.15) is 0 Å². The number of nitrogens with one attached hydrogen (secondary N) is 1. The molecule has 1 heterocycles. The summed E-state index contributed by atoms with van der Waals surface area (Å²) in [6.45, 7) is 5.10. The number of benzene rings is 1. The van der Waals surface area contributed by atoms with Gasteiger partial charge in [-0.05, 0) is 37.5 Å². The molecule has 2 rings (SSSR count). The maximum Gasteiger partial charge on any atom is 0.253 e. The summed E-state index contributed by atoms with van der Waals surface area (Å²) in [4.78, 5) is 25.2. The van der Waals surface area contributed by atoms with Crippen LogP contribution in [0.1, 0.15) is 42.6 Å². The highest BCUT2D eigenvalue weighted by Gasteiger charge is 2.26. The van der Waals surface area contributed by atoms with Crippen molar-refractivity contribution >= 4 is 11.8 Å². The summed E-state index contributed by atoms with van der Waals surface area (Å²) < 4.78 is 0. The van der Waals surface area contributed by atoms with Crippen LogP contribution in [-0.2, 0) is 11.3 Å². The fourth-order valence-electron chi connectivity index (χ4n) is 2.76. The Bertz CT molecular complexity index is 525. The molecule has 5 heteroatoms. The summed E-state index contributed by atoms with van der Waals surface area (Å²) in [6.07, 6.45) is 1.52. The summed E-state index contributed by atoms with van der Waals surface area (Å²) in [5.74, 6) is 0.103. The predicted molar refractivity (Wildman–Crippen MR) is 84.3 cm³/mol. The van der Waals surface area contributed by atoms with Crippen molar-refractivity contribution in [3.05, 3.63) is 35.4 Å². The highest BCUT2D eigenvalue weighted by molar-refractivity contribution is 5.94. The number of hydrogen-bond donors (Lipinski definition) is 2. The van der Waals surface area contributed by atoms with Crippen LogP contribution in [0.3, 0.4) is 0 Å². The third-order valence-electron chi connectivity index (χ3n) is 4.17. The zero-order valence-electron chi connectivity index (χ0n) is 13.2. The van der Waals surface area contributed by atoms with Crippen molar-refractivity contribution in [1.82, 2.24) is 10.2 Å². The molecule has 1 aliphatic heterocycles. The van der Waals surface area contributed by atoms with Crippen LogP contribution in [-0.4, -0.2) is 41.0 Å². The van der Waals surface area contributed by atoms with Gasteiger partial charge in [0.15, 0.2) is 0 Å². The van der Waals surface area contributed by atoms with Crippen LogP contribution in [0.4, 0.5) is 0 Å². The smallest absolute Gasteiger partial charge is 0.253 e. The van der Waals surface area contributed by atoms with E-state index in [1.54, 1.807) is 19.1 Å². The van der Waals surface area contributed by atoms with Crippen molar-refractivity contribution in [2.75, 3.05) is 13.1 Å². The number of amides is 2. The number of aliphatic hydroxyl groups is 1. The lowest BCUT2D eigenvalue weighted by molar-refractivity contribution is -0.119. The van der Waals surface area contributed by atoms with Crippen molar-refractivity contribution in [2.24, 2.45) is 5.92 Å². The van der Waals surface area contributed by atoms with Gasteiger partial charge >= 0.3 is 0 Å². The summed E-state index contributed by atoms with van der Waals surface area (Å²) in [5.41, 5.74) is 1.62. The lowest BCUT2D eigenvalue weighted by atomic mass is 9.93. The fraction of sp³-hybridized carbons (Fsp3) is 0.529. The Hall–Kier alpha value is -1.88. The van der Waals surface area contributed by atoms with E-state index in [1.165, 1.54) is 6.92 Å². The minimum absolute atomic E-state index is 0.0106. The highest BCUT2D eigenvalue weighted by Crippen LogP contribution is 2.21. The second-order valence-corrected chi connectivity index (χ2v) is 6.00. The van der Waals surface area contributed by atoms with Crippen molar-refractivity contribution < 1.29 is 14.7 Å². The number of carbonyl (C=O) groups is 2. The van der Waals surface area contributed by atoms with Crippen molar-refractivity contribution in [1.29, 1.82) is 0 Å². The molecule has 1 fully saturated rings. The van der Waals surface area contributed by atoms with E-state index in [2.05, 4.69) is 5.32 Å². The highest BCUT2D eigenvalue weighted by atomic mass is 16.3. The van der Waals surface area contributed by atoms with Crippen molar-refractivity contribution in [2.45, 2.75) is 39.3 Å². The molecule has 120 valence electrons. The van der Waals surface area contributed by atoms with E-state index in [1.807, 2.05) is 17.0 Å². The maximum atomic E-state index is 12.5. The zero-order chi connectivity index (χ0) is 16.1. The third kappa shape index (κ3) is 4.31. The minimum Gasteiger partial charge on any atom is -0.393 e. The second kappa shape index (κ2) is 7.40. The first-order valence-electron chi connectivity index (χ1n) is 7.78. The van der Waals surface area contributed by atoms with Gasteiger partial charge in [-0.2, -0.15) is 0 Å². The van der Waals surface area contributed by atoms with Gasteiger partial charge in [-0.3, -0.25) is 9.59 Å². The number of piperidine rings is 1. The summed E-state index contributed by atoms with van der Waals surface area (Å²) in [6, 6.07) is 7.31. The molecule has 2 atom stereocenters. The zero-order valence-corrected chi connectivity index (χ0v) is 13.2. The molecule has 1 aromatic carbocycles. The van der Waals surface area contributed by atoms with Gasteiger partial charge in [-0.15, -0.1) is 0 Å². The topological polar surface area (TPSA) is 69.6 Å². The molecule has 0 spiro atoms. The fourth-order valence-corrected chi connectivity index (χ4v) is 2.76. The van der Waals surface area contributed by atoms with Crippen LogP contribution >= 0.6 is 0 Å². The van der Waals surface area contributed by atoms with E-state index in [0.717, 1.165) is 24.9 Å². The average Bonchev–Trinajstić information content (AvgIpc) is 2.53. The quantitative estimate of drug-likeness (QED) is 0.887. The number of carbonyl (C=O) groups excluding carboxylic acids is 2. The molecule has 0 radical (unpaired) electrons. The van der Waals surface area contributed by atoms with Crippen molar-refractivity contribution in [3.63, 3.8) is 0 Å². The molecule has 0 saturated carbocycles. The van der Waals surface area contributed by atoms with Crippen LogP contribution in [0.5, 0.6) is 0 Å². The Morgan fingerprint density at radius 3 is 2.64 bits per heavy atom. The first-order chi connectivity index (χ1) is 10.5. The molecule has 22 heavy (non-hydrogen) atoms. The van der Waals surface area contributed by atoms with Crippen LogP contribution in [0.25, 0.3) is 0 Å². The maximum absolute atomic E-state index is 12.5. The summed E-state index contributed by atoms with van der Waals surface area (Å²) >= 11 is 0. The molecular weight excluding hydrogens is 280 g/mol. The van der Waals surface area contributed by atoms with E-state index in [4.69, 9.17) is 0 Å². The number of nitrogens with zero attached hydrogens (tertiary/aromatic N) is 1. The van der Waals surface area contributed by atoms with Gasteiger partial charge in [0, 0.05) is 38.0 Å². The number of hydrogen-bond acceptors (Lipinski definition) is 3. The lowest BCUT2D eigenvalue weighted by Crippen LogP contribution is -2.42. The molecule has 5 nitrogen and oxygen atoms in total. The standard InChI is InChI=1S/C17H24N2O3/c1-12(20)16-4-3-9-19(11-16)17(22)15-7-5-14(6-8-15)10-18-13(2)21/h5-8,12,16,20H,3-4,9-11H2,1-2H3,(H,18,21). The molecule has 0 aliphatic carbocycles. The molecule has 1 saturated heterocycles. The Kier molecular flexibility index (Phi) is 5.55. The Morgan fingerprint density at radius 2 is 2.05 bits per heavy atom. The number of aliphatic hydroxyl groups excluding tert-OH is 1. The predicted octanol–water partition coefficient (Wildman–Crippen LogP) is 1.56. The van der Waals surface area contributed by atoms with Gasteiger partial charge in [-0.1, -0.05) is 12.1 Å². The SMILES string of the molecule is CC(=O)NCc1ccc(C(=O)N2CCCC(C(C)O)C2)cc1. The first-order valence-corrected chi connectivity index (χ1v) is 7.78. The Balaban J connectivity index is 1.98. The van der Waals surface area contributed by atoms with Gasteiger partial charge in [0.05, 0.1) is 6.10 Å². The van der Waals surface area contributed by atoms with Gasteiger partial charge in [0.25, 0.3) is 5.91 Å². The van der Waals surface area contributed by atoms with E-state index < -0.39 is 0 Å². The Morgan fingerprint density at radius 1 is 1.36 bits per heavy atom. The van der Waals surface area contributed by atoms with Gasteiger partial charge in [0.2, 0.25) is 5.91 Å². The first kappa shape index (κ1) is 16.5.